The number of aliphatic hydroxyl groups excluding tert-OH is 2. The van der Waals surface area contributed by atoms with Crippen molar-refractivity contribution in [2.45, 2.75) is 6.92 Å². The van der Waals surface area contributed by atoms with Gasteiger partial charge >= 0.3 is 0 Å². The van der Waals surface area contributed by atoms with Crippen LogP contribution in [0.15, 0.2) is 11.6 Å². The standard InChI is InChI=1S/C7H12O2/c1-5-2-6(3-8)7(5)4-9/h2,5,7-9H,3-4H2,1H3. The molecule has 2 atom stereocenters. The number of hydrogen-bond acceptors (Lipinski definition) is 2. The van der Waals surface area contributed by atoms with Gasteiger partial charge in [0, 0.05) is 5.92 Å². The largest absolute Gasteiger partial charge is 0.396 e. The second kappa shape index (κ2) is 2.50. The van der Waals surface area contributed by atoms with Gasteiger partial charge in [0.1, 0.15) is 0 Å². The molecule has 0 radical (unpaired) electrons. The lowest BCUT2D eigenvalue weighted by Gasteiger charge is -2.31. The summed E-state index contributed by atoms with van der Waals surface area (Å²) >= 11 is 0. The molecule has 0 aliphatic heterocycles. The molecule has 9 heavy (non-hydrogen) atoms. The van der Waals surface area contributed by atoms with Crippen LogP contribution in [0.5, 0.6) is 0 Å². The summed E-state index contributed by atoms with van der Waals surface area (Å²) in [6, 6.07) is 0. The van der Waals surface area contributed by atoms with Gasteiger partial charge in [-0.15, -0.1) is 0 Å². The summed E-state index contributed by atoms with van der Waals surface area (Å²) in [5.74, 6) is 0.687. The van der Waals surface area contributed by atoms with Crippen LogP contribution in [-0.4, -0.2) is 23.4 Å². The topological polar surface area (TPSA) is 40.5 Å². The Morgan fingerprint density at radius 1 is 1.56 bits per heavy atom. The van der Waals surface area contributed by atoms with E-state index in [2.05, 4.69) is 0 Å². The molecule has 0 spiro atoms. The second-order valence-electron chi connectivity index (χ2n) is 2.55. The van der Waals surface area contributed by atoms with Crippen molar-refractivity contribution in [1.82, 2.24) is 0 Å². The van der Waals surface area contributed by atoms with E-state index in [1.54, 1.807) is 0 Å². The summed E-state index contributed by atoms with van der Waals surface area (Å²) in [7, 11) is 0. The Hall–Kier alpha value is -0.340. The lowest BCUT2D eigenvalue weighted by molar-refractivity contribution is 0.184. The maximum atomic E-state index is 8.71. The molecule has 0 aromatic heterocycles. The predicted molar refractivity (Wildman–Crippen MR) is 34.9 cm³/mol. The van der Waals surface area contributed by atoms with Crippen molar-refractivity contribution in [2.24, 2.45) is 11.8 Å². The fourth-order valence-corrected chi connectivity index (χ4v) is 1.25. The molecular weight excluding hydrogens is 116 g/mol. The van der Waals surface area contributed by atoms with Crippen molar-refractivity contribution in [3.63, 3.8) is 0 Å². The van der Waals surface area contributed by atoms with Gasteiger partial charge in [-0.1, -0.05) is 13.0 Å². The van der Waals surface area contributed by atoms with E-state index in [1.807, 2.05) is 13.0 Å². The van der Waals surface area contributed by atoms with Crippen LogP contribution in [0, 0.1) is 11.8 Å². The van der Waals surface area contributed by atoms with Crippen LogP contribution in [0.4, 0.5) is 0 Å². The molecule has 0 heterocycles. The Kier molecular flexibility index (Phi) is 1.88. The predicted octanol–water partition coefficient (Wildman–Crippen LogP) is 0.163. The molecule has 0 bridgehead atoms. The molecule has 1 aliphatic rings. The zero-order valence-electron chi connectivity index (χ0n) is 5.54. The van der Waals surface area contributed by atoms with Crippen molar-refractivity contribution in [2.75, 3.05) is 13.2 Å². The lowest BCUT2D eigenvalue weighted by atomic mass is 9.77. The van der Waals surface area contributed by atoms with Gasteiger partial charge in [-0.3, -0.25) is 0 Å². The summed E-state index contributed by atoms with van der Waals surface area (Å²) in [4.78, 5) is 0. The van der Waals surface area contributed by atoms with Gasteiger partial charge in [0.15, 0.2) is 0 Å². The van der Waals surface area contributed by atoms with Crippen molar-refractivity contribution >= 4 is 0 Å². The minimum atomic E-state index is 0.107. The average Bonchev–Trinajstić information content (AvgIpc) is 1.83. The van der Waals surface area contributed by atoms with Crippen molar-refractivity contribution in [3.05, 3.63) is 11.6 Å². The SMILES string of the molecule is CC1C=C(CO)C1CO. The van der Waals surface area contributed by atoms with Crippen LogP contribution < -0.4 is 0 Å². The normalized spacial score (nSPS) is 33.4. The van der Waals surface area contributed by atoms with Gasteiger partial charge in [-0.05, 0) is 11.5 Å². The quantitative estimate of drug-likeness (QED) is 0.520. The Labute approximate surface area is 54.8 Å². The van der Waals surface area contributed by atoms with Crippen LogP contribution in [0.3, 0.4) is 0 Å². The zero-order valence-corrected chi connectivity index (χ0v) is 5.54. The van der Waals surface area contributed by atoms with Gasteiger partial charge in [-0.2, -0.15) is 0 Å². The van der Waals surface area contributed by atoms with Crippen LogP contribution in [-0.2, 0) is 0 Å². The maximum Gasteiger partial charge on any atom is 0.0645 e. The van der Waals surface area contributed by atoms with Gasteiger partial charge in [-0.25, -0.2) is 0 Å². The third-order valence-electron chi connectivity index (χ3n) is 1.97. The zero-order chi connectivity index (χ0) is 6.85. The fraction of sp³-hybridized carbons (Fsp3) is 0.714. The van der Waals surface area contributed by atoms with Gasteiger partial charge < -0.3 is 10.2 Å². The van der Waals surface area contributed by atoms with Crippen molar-refractivity contribution in [1.29, 1.82) is 0 Å². The summed E-state index contributed by atoms with van der Waals surface area (Å²) in [5.41, 5.74) is 0.991. The summed E-state index contributed by atoms with van der Waals surface area (Å²) in [6.45, 7) is 2.32. The van der Waals surface area contributed by atoms with Crippen LogP contribution >= 0.6 is 0 Å². The molecule has 0 fully saturated rings. The van der Waals surface area contributed by atoms with Crippen LogP contribution in [0.25, 0.3) is 0 Å². The highest BCUT2D eigenvalue weighted by Crippen LogP contribution is 2.31. The Balaban J connectivity index is 2.48. The average molecular weight is 128 g/mol. The first-order valence-electron chi connectivity index (χ1n) is 3.22. The van der Waals surface area contributed by atoms with Gasteiger partial charge in [0.25, 0.3) is 0 Å². The van der Waals surface area contributed by atoms with Gasteiger partial charge in [0.05, 0.1) is 13.2 Å². The highest BCUT2D eigenvalue weighted by atomic mass is 16.3. The van der Waals surface area contributed by atoms with E-state index in [1.165, 1.54) is 0 Å². The molecule has 2 N–H and O–H groups in total. The molecule has 2 nitrogen and oxygen atoms in total. The maximum absolute atomic E-state index is 8.71. The van der Waals surface area contributed by atoms with E-state index in [0.29, 0.717) is 5.92 Å². The minimum absolute atomic E-state index is 0.107. The van der Waals surface area contributed by atoms with Crippen molar-refractivity contribution < 1.29 is 10.2 Å². The van der Waals surface area contributed by atoms with Crippen LogP contribution in [0.1, 0.15) is 6.92 Å². The molecule has 2 unspecified atom stereocenters. The van der Waals surface area contributed by atoms with E-state index < -0.39 is 0 Å². The summed E-state index contributed by atoms with van der Waals surface area (Å²) in [5, 5.41) is 17.3. The minimum Gasteiger partial charge on any atom is -0.396 e. The Morgan fingerprint density at radius 2 is 2.22 bits per heavy atom. The molecule has 0 aromatic rings. The van der Waals surface area contributed by atoms with Gasteiger partial charge in [0.2, 0.25) is 0 Å². The first kappa shape index (κ1) is 6.78. The number of rotatable bonds is 2. The number of hydrogen-bond donors (Lipinski definition) is 2. The first-order valence-corrected chi connectivity index (χ1v) is 3.22. The monoisotopic (exact) mass is 128 g/mol. The molecule has 1 aliphatic carbocycles. The van der Waals surface area contributed by atoms with Crippen molar-refractivity contribution in [3.8, 4) is 0 Å². The first-order chi connectivity index (χ1) is 4.29. The molecule has 0 saturated heterocycles. The summed E-state index contributed by atoms with van der Waals surface area (Å²) < 4.78 is 0. The third-order valence-corrected chi connectivity index (χ3v) is 1.97. The van der Waals surface area contributed by atoms with E-state index in [4.69, 9.17) is 10.2 Å². The smallest absolute Gasteiger partial charge is 0.0645 e. The molecule has 2 heteroatoms. The van der Waals surface area contributed by atoms with E-state index in [-0.39, 0.29) is 19.1 Å². The summed E-state index contributed by atoms with van der Waals surface area (Å²) in [6.07, 6.45) is 2.00. The molecular formula is C7H12O2. The fourth-order valence-electron chi connectivity index (χ4n) is 1.25. The number of allylic oxidation sites excluding steroid dienone is 1. The number of aliphatic hydroxyl groups is 2. The highest BCUT2D eigenvalue weighted by molar-refractivity contribution is 5.21. The van der Waals surface area contributed by atoms with Crippen LogP contribution in [0.2, 0.25) is 0 Å². The third kappa shape index (κ3) is 1.00. The Bertz CT molecular complexity index is 129. The van der Waals surface area contributed by atoms with E-state index in [0.717, 1.165) is 5.57 Å². The molecule has 0 aromatic carbocycles. The molecule has 52 valence electrons. The highest BCUT2D eigenvalue weighted by Gasteiger charge is 2.26. The lowest BCUT2D eigenvalue weighted by Crippen LogP contribution is -2.27. The molecule has 0 amide bonds. The molecule has 0 saturated carbocycles. The van der Waals surface area contributed by atoms with E-state index in [9.17, 15) is 0 Å². The molecule has 1 rings (SSSR count). The Morgan fingerprint density at radius 3 is 2.44 bits per heavy atom. The van der Waals surface area contributed by atoms with E-state index >= 15 is 0 Å². The second-order valence-corrected chi connectivity index (χ2v) is 2.55.